The Bertz CT molecular complexity index is 1510. The fourth-order valence-electron chi connectivity index (χ4n) is 4.67. The van der Waals surface area contributed by atoms with Crippen LogP contribution in [0.15, 0.2) is 73.1 Å². The molecule has 1 aromatic heterocycles. The number of alkyl halides is 3. The molecule has 0 radical (unpaired) electrons. The lowest BCUT2D eigenvalue weighted by Gasteiger charge is -2.14. The molecule has 0 saturated heterocycles. The third-order valence-electron chi connectivity index (χ3n) is 6.64. The van der Waals surface area contributed by atoms with Crippen LogP contribution in [0.1, 0.15) is 61.3 Å². The van der Waals surface area contributed by atoms with Crippen LogP contribution in [-0.4, -0.2) is 31.8 Å². The van der Waals surface area contributed by atoms with E-state index in [0.29, 0.717) is 43.1 Å². The fourth-order valence-corrected chi connectivity index (χ4v) is 4.99. The minimum absolute atomic E-state index is 0.149. The molecule has 214 valence electrons. The van der Waals surface area contributed by atoms with Gasteiger partial charge in [0.1, 0.15) is 17.9 Å². The summed E-state index contributed by atoms with van der Waals surface area (Å²) in [6, 6.07) is 19.6. The molecule has 4 aromatic rings. The van der Waals surface area contributed by atoms with Crippen molar-refractivity contribution in [2.45, 2.75) is 65.2 Å². The number of carbonyl (C=O) groups excluding carboxylic acids is 1. The summed E-state index contributed by atoms with van der Waals surface area (Å²) in [7, 11) is 0. The molecule has 1 heterocycles. The van der Waals surface area contributed by atoms with Gasteiger partial charge in [-0.05, 0) is 72.7 Å². The van der Waals surface area contributed by atoms with Gasteiger partial charge in [-0.1, -0.05) is 68.0 Å². The molecule has 0 spiro atoms. The quantitative estimate of drug-likeness (QED) is 0.159. The third kappa shape index (κ3) is 8.82. The van der Waals surface area contributed by atoms with Gasteiger partial charge in [-0.3, -0.25) is 4.79 Å². The van der Waals surface area contributed by atoms with Gasteiger partial charge >= 0.3 is 6.36 Å². The van der Waals surface area contributed by atoms with Crippen molar-refractivity contribution in [2.24, 2.45) is 0 Å². The van der Waals surface area contributed by atoms with E-state index in [1.807, 2.05) is 24.3 Å². The van der Waals surface area contributed by atoms with E-state index >= 15 is 0 Å². The summed E-state index contributed by atoms with van der Waals surface area (Å²) < 4.78 is 42.6. The highest BCUT2D eigenvalue weighted by Crippen LogP contribution is 2.25. The number of thiocarbonyl (C=S) groups is 1. The number of nitrogens with zero attached hydrogens (tertiary/aromatic N) is 3. The van der Waals surface area contributed by atoms with Crippen molar-refractivity contribution >= 4 is 22.9 Å². The predicted molar refractivity (Wildman–Crippen MR) is 158 cm³/mol. The maximum absolute atomic E-state index is 12.6. The molecule has 3 aromatic carbocycles. The van der Waals surface area contributed by atoms with E-state index in [1.165, 1.54) is 52.0 Å². The Labute approximate surface area is 243 Å². The highest BCUT2D eigenvalue weighted by atomic mass is 32.1. The Kier molecular flexibility index (Phi) is 9.70. The second-order valence-electron chi connectivity index (χ2n) is 10.4. The van der Waals surface area contributed by atoms with Crippen molar-refractivity contribution in [1.29, 1.82) is 0 Å². The van der Waals surface area contributed by atoms with Crippen LogP contribution in [0.2, 0.25) is 0 Å². The van der Waals surface area contributed by atoms with Gasteiger partial charge in [0, 0.05) is 29.7 Å². The summed E-state index contributed by atoms with van der Waals surface area (Å²) >= 11 is 5.58. The first-order valence-electron chi connectivity index (χ1n) is 13.5. The SMILES string of the molecule is Cc1ccc(CC(=S)CC(=O)CCCc2cccc(-c3ncn(-c4ccc(OC(F)(F)F)cc4)n3)c2)c(C(C)C)c1. The van der Waals surface area contributed by atoms with Gasteiger partial charge in [-0.2, -0.15) is 0 Å². The zero-order chi connectivity index (χ0) is 29.6. The Balaban J connectivity index is 1.29. The second kappa shape index (κ2) is 13.2. The van der Waals surface area contributed by atoms with Crippen molar-refractivity contribution < 1.29 is 22.7 Å². The summed E-state index contributed by atoms with van der Waals surface area (Å²) in [6.07, 6.45) is -0.399. The third-order valence-corrected chi connectivity index (χ3v) is 6.93. The number of Topliss-reactive ketones (excluding diaryl/α,β-unsaturated/α-hetero) is 1. The van der Waals surface area contributed by atoms with E-state index in [1.54, 1.807) is 0 Å². The molecule has 4 rings (SSSR count). The summed E-state index contributed by atoms with van der Waals surface area (Å²) in [5.41, 5.74) is 6.12. The van der Waals surface area contributed by atoms with Gasteiger partial charge in [0.05, 0.1) is 5.69 Å². The number of rotatable bonds is 12. The highest BCUT2D eigenvalue weighted by molar-refractivity contribution is 7.80. The summed E-state index contributed by atoms with van der Waals surface area (Å²) in [5, 5.41) is 4.47. The largest absolute Gasteiger partial charge is 0.573 e. The van der Waals surface area contributed by atoms with Crippen LogP contribution < -0.4 is 4.74 Å². The van der Waals surface area contributed by atoms with Crippen LogP contribution in [-0.2, 0) is 17.6 Å². The van der Waals surface area contributed by atoms with Crippen molar-refractivity contribution in [3.8, 4) is 22.8 Å². The number of carbonyl (C=O) groups is 1. The number of aryl methyl sites for hydroxylation is 2. The molecular formula is C32H32F3N3O2S. The number of halogens is 3. The first-order valence-corrected chi connectivity index (χ1v) is 13.9. The fraction of sp³-hybridized carbons (Fsp3) is 0.312. The van der Waals surface area contributed by atoms with Crippen molar-refractivity contribution in [3.05, 3.63) is 95.3 Å². The Morgan fingerprint density at radius 2 is 1.80 bits per heavy atom. The average molecular weight is 580 g/mol. The Morgan fingerprint density at radius 3 is 2.51 bits per heavy atom. The van der Waals surface area contributed by atoms with E-state index in [2.05, 4.69) is 53.8 Å². The van der Waals surface area contributed by atoms with E-state index in [0.717, 1.165) is 22.4 Å². The lowest BCUT2D eigenvalue weighted by molar-refractivity contribution is -0.274. The number of ether oxygens (including phenoxy) is 1. The summed E-state index contributed by atoms with van der Waals surface area (Å²) in [6.45, 7) is 6.42. The molecule has 41 heavy (non-hydrogen) atoms. The van der Waals surface area contributed by atoms with Gasteiger partial charge in [0.25, 0.3) is 0 Å². The summed E-state index contributed by atoms with van der Waals surface area (Å²) in [4.78, 5) is 17.8. The molecule has 0 amide bonds. The standard InChI is InChI=1S/C32H32F3N3O2S/c1-21(2)30-16-22(3)10-11-24(30)18-29(41)19-27(39)9-5-7-23-6-4-8-25(17-23)31-36-20-38(37-31)26-12-14-28(15-13-26)40-32(33,34)35/h4,6,8,10-17,20-21H,5,7,9,18-19H2,1-3H3. The number of aromatic nitrogens is 3. The van der Waals surface area contributed by atoms with Crippen LogP contribution in [0.4, 0.5) is 13.2 Å². The normalized spacial score (nSPS) is 11.6. The minimum Gasteiger partial charge on any atom is -0.406 e. The smallest absolute Gasteiger partial charge is 0.406 e. The number of hydrogen-bond donors (Lipinski definition) is 0. The van der Waals surface area contributed by atoms with E-state index in [4.69, 9.17) is 12.2 Å². The minimum atomic E-state index is -4.74. The van der Waals surface area contributed by atoms with Gasteiger partial charge in [0.2, 0.25) is 0 Å². The molecule has 0 saturated carbocycles. The number of benzene rings is 3. The van der Waals surface area contributed by atoms with Gasteiger partial charge in [0.15, 0.2) is 5.82 Å². The van der Waals surface area contributed by atoms with E-state index in [-0.39, 0.29) is 11.5 Å². The van der Waals surface area contributed by atoms with Crippen LogP contribution in [0, 0.1) is 6.92 Å². The van der Waals surface area contributed by atoms with Crippen molar-refractivity contribution in [2.75, 3.05) is 0 Å². The van der Waals surface area contributed by atoms with Crippen LogP contribution in [0.25, 0.3) is 17.1 Å². The van der Waals surface area contributed by atoms with Gasteiger partial charge in [-0.25, -0.2) is 9.67 Å². The number of ketones is 1. The monoisotopic (exact) mass is 579 g/mol. The molecule has 5 nitrogen and oxygen atoms in total. The van der Waals surface area contributed by atoms with Crippen molar-refractivity contribution in [3.63, 3.8) is 0 Å². The Morgan fingerprint density at radius 1 is 1.05 bits per heavy atom. The molecule has 0 N–H and O–H groups in total. The highest BCUT2D eigenvalue weighted by Gasteiger charge is 2.31. The first-order chi connectivity index (χ1) is 19.5. The molecule has 0 bridgehead atoms. The maximum atomic E-state index is 12.6. The summed E-state index contributed by atoms with van der Waals surface area (Å²) in [5.74, 6) is 0.731. The van der Waals surface area contributed by atoms with Crippen LogP contribution >= 0.6 is 12.2 Å². The molecule has 0 unspecified atom stereocenters. The van der Waals surface area contributed by atoms with Gasteiger partial charge < -0.3 is 4.74 Å². The maximum Gasteiger partial charge on any atom is 0.573 e. The first kappa shape index (κ1) is 30.1. The topological polar surface area (TPSA) is 57.0 Å². The molecule has 0 aliphatic carbocycles. The van der Waals surface area contributed by atoms with E-state index in [9.17, 15) is 18.0 Å². The number of hydrogen-bond acceptors (Lipinski definition) is 5. The predicted octanol–water partition coefficient (Wildman–Crippen LogP) is 8.16. The van der Waals surface area contributed by atoms with Crippen LogP contribution in [0.5, 0.6) is 5.75 Å². The zero-order valence-electron chi connectivity index (χ0n) is 23.2. The van der Waals surface area contributed by atoms with Crippen molar-refractivity contribution in [1.82, 2.24) is 14.8 Å². The lowest BCUT2D eigenvalue weighted by atomic mass is 9.92. The molecule has 0 aliphatic rings. The molecule has 9 heteroatoms. The van der Waals surface area contributed by atoms with E-state index < -0.39 is 6.36 Å². The van der Waals surface area contributed by atoms with Gasteiger partial charge in [-0.15, -0.1) is 18.3 Å². The Hall–Kier alpha value is -3.85. The molecule has 0 aliphatic heterocycles. The lowest BCUT2D eigenvalue weighted by Crippen LogP contribution is -2.17. The molecule has 0 atom stereocenters. The molecular weight excluding hydrogens is 547 g/mol. The average Bonchev–Trinajstić information content (AvgIpc) is 3.40. The second-order valence-corrected chi connectivity index (χ2v) is 11.0. The molecule has 0 fully saturated rings. The zero-order valence-corrected chi connectivity index (χ0v) is 24.1. The van der Waals surface area contributed by atoms with Crippen LogP contribution in [0.3, 0.4) is 0 Å².